The number of esters is 1. The Kier molecular flexibility index (Phi) is 6.60. The van der Waals surface area contributed by atoms with Crippen molar-refractivity contribution in [1.29, 1.82) is 0 Å². The smallest absolute Gasteiger partial charge is 0.314 e. The van der Waals surface area contributed by atoms with E-state index in [1.165, 1.54) is 12.3 Å². The van der Waals surface area contributed by atoms with Crippen LogP contribution < -0.4 is 9.64 Å². The molecule has 10 heteroatoms. The zero-order valence-corrected chi connectivity index (χ0v) is 23.4. The summed E-state index contributed by atoms with van der Waals surface area (Å²) in [5, 5.41) is 0. The maximum atomic E-state index is 14.7. The fourth-order valence-electron chi connectivity index (χ4n) is 5.75. The summed E-state index contributed by atoms with van der Waals surface area (Å²) < 4.78 is 48.8. The standard InChI is InChI=1S/C30H30FN3O5S/c1-4-38-30(35)29-23-10-20-11-27(32-12-24(20)28(23)29)39-15-21-9-19(5-7-25(21)31)22-6-8-26(33-17(22)2)34-13-18(14-34)16-40(3,36)37/h5-12,18,28-29H,4,13-16H2,1-3H3/t28-,29+/m1/s1. The SMILES string of the molecule is CCOC(=O)[C@H]1C2=Cc3cc(OCc4cc(-c5ccc(N6CC(CS(C)(=O)=O)C6)nc5C)ccc4F)ncc3[C@@H]21. The lowest BCUT2D eigenvalue weighted by molar-refractivity contribution is -0.144. The summed E-state index contributed by atoms with van der Waals surface area (Å²) in [6, 6.07) is 10.6. The molecular formula is C30H30FN3O5S. The molecule has 1 saturated heterocycles. The van der Waals surface area contributed by atoms with E-state index in [2.05, 4.69) is 9.88 Å². The van der Waals surface area contributed by atoms with E-state index in [0.717, 1.165) is 39.3 Å². The monoisotopic (exact) mass is 563 g/mol. The molecule has 0 N–H and O–H groups in total. The van der Waals surface area contributed by atoms with E-state index in [4.69, 9.17) is 14.5 Å². The molecule has 2 aromatic heterocycles. The molecule has 8 nitrogen and oxygen atoms in total. The molecule has 0 bridgehead atoms. The van der Waals surface area contributed by atoms with Crippen LogP contribution in [0, 0.1) is 24.6 Å². The summed E-state index contributed by atoms with van der Waals surface area (Å²) in [6.07, 6.45) is 4.98. The van der Waals surface area contributed by atoms with Gasteiger partial charge in [0.05, 0.1) is 18.3 Å². The van der Waals surface area contributed by atoms with Crippen LogP contribution in [-0.4, -0.2) is 56.1 Å². The Bertz CT molecular complexity index is 1650. The minimum Gasteiger partial charge on any atom is -0.473 e. The number of halogens is 1. The molecule has 1 saturated carbocycles. The van der Waals surface area contributed by atoms with Gasteiger partial charge in [0.1, 0.15) is 28.1 Å². The fraction of sp³-hybridized carbons (Fsp3) is 0.367. The Morgan fingerprint density at radius 3 is 2.70 bits per heavy atom. The van der Waals surface area contributed by atoms with Crippen molar-refractivity contribution in [3.8, 4) is 17.0 Å². The van der Waals surface area contributed by atoms with E-state index >= 15 is 0 Å². The number of anilines is 1. The Morgan fingerprint density at radius 2 is 1.98 bits per heavy atom. The first-order valence-electron chi connectivity index (χ1n) is 13.3. The number of rotatable bonds is 9. The van der Waals surface area contributed by atoms with E-state index in [9.17, 15) is 17.6 Å². The molecule has 0 unspecified atom stereocenters. The van der Waals surface area contributed by atoms with Crippen molar-refractivity contribution in [1.82, 2.24) is 9.97 Å². The average Bonchev–Trinajstić information content (AvgIpc) is 3.47. The number of fused-ring (bicyclic) bond motifs is 3. The van der Waals surface area contributed by atoms with Crippen molar-refractivity contribution in [2.75, 3.05) is 36.6 Å². The summed E-state index contributed by atoms with van der Waals surface area (Å²) in [6.45, 7) is 5.41. The van der Waals surface area contributed by atoms with Crippen molar-refractivity contribution in [2.24, 2.45) is 11.8 Å². The molecule has 208 valence electrons. The number of hydrogen-bond donors (Lipinski definition) is 0. The third kappa shape index (κ3) is 5.08. The number of aromatic nitrogens is 2. The van der Waals surface area contributed by atoms with Crippen molar-refractivity contribution < 1.29 is 27.1 Å². The predicted octanol–water partition coefficient (Wildman–Crippen LogP) is 4.32. The van der Waals surface area contributed by atoms with Crippen LogP contribution in [0.5, 0.6) is 5.88 Å². The number of hydrogen-bond acceptors (Lipinski definition) is 8. The van der Waals surface area contributed by atoms with Crippen molar-refractivity contribution >= 4 is 27.7 Å². The molecule has 6 rings (SSSR count). The molecule has 40 heavy (non-hydrogen) atoms. The van der Waals surface area contributed by atoms with Crippen LogP contribution in [0.1, 0.15) is 35.2 Å². The second-order valence-corrected chi connectivity index (χ2v) is 12.9. The molecule has 3 aromatic rings. The van der Waals surface area contributed by atoms with Gasteiger partial charge in [-0.2, -0.15) is 0 Å². The van der Waals surface area contributed by atoms with Gasteiger partial charge in [0.25, 0.3) is 0 Å². The maximum absolute atomic E-state index is 14.7. The van der Waals surface area contributed by atoms with Gasteiger partial charge in [0.2, 0.25) is 5.88 Å². The summed E-state index contributed by atoms with van der Waals surface area (Å²) in [5.74, 6) is 0.789. The normalized spacial score (nSPS) is 19.4. The quantitative estimate of drug-likeness (QED) is 0.355. The van der Waals surface area contributed by atoms with Crippen LogP contribution >= 0.6 is 0 Å². The molecular weight excluding hydrogens is 533 g/mol. The van der Waals surface area contributed by atoms with Gasteiger partial charge in [0, 0.05) is 60.3 Å². The molecule has 0 spiro atoms. The molecule has 2 aliphatic carbocycles. The van der Waals surface area contributed by atoms with E-state index in [0.29, 0.717) is 31.1 Å². The van der Waals surface area contributed by atoms with Gasteiger partial charge in [0.15, 0.2) is 0 Å². The number of sulfone groups is 1. The highest BCUT2D eigenvalue weighted by molar-refractivity contribution is 7.90. The largest absolute Gasteiger partial charge is 0.473 e. The topological polar surface area (TPSA) is 98.7 Å². The molecule has 2 fully saturated rings. The summed E-state index contributed by atoms with van der Waals surface area (Å²) in [4.78, 5) is 23.3. The zero-order chi connectivity index (χ0) is 28.2. The molecule has 1 aliphatic heterocycles. The first kappa shape index (κ1) is 26.4. The van der Waals surface area contributed by atoms with Gasteiger partial charge in [-0.15, -0.1) is 0 Å². The Morgan fingerprint density at radius 1 is 1.18 bits per heavy atom. The molecule has 1 aromatic carbocycles. The summed E-state index contributed by atoms with van der Waals surface area (Å²) in [5.41, 5.74) is 5.91. The molecule has 3 aliphatic rings. The Labute approximate surface area is 232 Å². The lowest BCUT2D eigenvalue weighted by Crippen LogP contribution is -2.49. The van der Waals surface area contributed by atoms with Crippen LogP contribution in [0.4, 0.5) is 10.2 Å². The van der Waals surface area contributed by atoms with Gasteiger partial charge in [-0.05, 0) is 60.4 Å². The first-order valence-corrected chi connectivity index (χ1v) is 15.4. The average molecular weight is 564 g/mol. The highest BCUT2D eigenvalue weighted by Gasteiger charge is 2.54. The number of carbonyl (C=O) groups is 1. The predicted molar refractivity (Wildman–Crippen MR) is 149 cm³/mol. The van der Waals surface area contributed by atoms with Gasteiger partial charge in [-0.1, -0.05) is 12.1 Å². The fourth-order valence-corrected chi connectivity index (χ4v) is 6.82. The van der Waals surface area contributed by atoms with Gasteiger partial charge < -0.3 is 14.4 Å². The first-order chi connectivity index (χ1) is 19.1. The Balaban J connectivity index is 1.11. The van der Waals surface area contributed by atoms with E-state index in [1.54, 1.807) is 25.3 Å². The minimum atomic E-state index is -2.99. The molecule has 0 amide bonds. The Hall–Kier alpha value is -3.79. The molecule has 3 heterocycles. The zero-order valence-electron chi connectivity index (χ0n) is 22.6. The molecule has 2 atom stereocenters. The van der Waals surface area contributed by atoms with Crippen LogP contribution in [0.3, 0.4) is 0 Å². The van der Waals surface area contributed by atoms with E-state index in [-0.39, 0.29) is 41.9 Å². The van der Waals surface area contributed by atoms with E-state index < -0.39 is 9.84 Å². The summed E-state index contributed by atoms with van der Waals surface area (Å²) >= 11 is 0. The van der Waals surface area contributed by atoms with Crippen LogP contribution in [0.25, 0.3) is 17.2 Å². The van der Waals surface area contributed by atoms with Crippen molar-refractivity contribution in [3.05, 3.63) is 76.4 Å². The number of nitrogens with zero attached hydrogens (tertiary/aromatic N) is 3. The third-order valence-corrected chi connectivity index (χ3v) is 8.78. The maximum Gasteiger partial charge on any atom is 0.314 e. The number of carbonyl (C=O) groups excluding carboxylic acids is 1. The van der Waals surface area contributed by atoms with E-state index in [1.807, 2.05) is 31.2 Å². The van der Waals surface area contributed by atoms with Gasteiger partial charge >= 0.3 is 5.97 Å². The lowest BCUT2D eigenvalue weighted by atomic mass is 10.00. The number of benzene rings is 1. The lowest BCUT2D eigenvalue weighted by Gasteiger charge is -2.40. The highest BCUT2D eigenvalue weighted by Crippen LogP contribution is 2.60. The van der Waals surface area contributed by atoms with Crippen molar-refractivity contribution in [2.45, 2.75) is 26.4 Å². The third-order valence-electron chi connectivity index (χ3n) is 7.71. The van der Waals surface area contributed by atoms with Gasteiger partial charge in [-0.3, -0.25) is 4.79 Å². The number of ether oxygens (including phenoxy) is 2. The van der Waals surface area contributed by atoms with Crippen LogP contribution in [-0.2, 0) is 26.0 Å². The second-order valence-electron chi connectivity index (χ2n) is 10.8. The van der Waals surface area contributed by atoms with Crippen LogP contribution in [0.15, 0.2) is 48.2 Å². The molecule has 0 radical (unpaired) electrons. The summed E-state index contributed by atoms with van der Waals surface area (Å²) in [7, 11) is -2.99. The van der Waals surface area contributed by atoms with Gasteiger partial charge in [-0.25, -0.2) is 22.8 Å². The highest BCUT2D eigenvalue weighted by atomic mass is 32.2. The second kappa shape index (κ2) is 9.99. The van der Waals surface area contributed by atoms with Crippen LogP contribution in [0.2, 0.25) is 0 Å². The van der Waals surface area contributed by atoms with Crippen molar-refractivity contribution in [3.63, 3.8) is 0 Å². The number of pyridine rings is 2. The minimum absolute atomic E-state index is 0.0109. The number of aryl methyl sites for hydroxylation is 1.